The molecule has 7 nitrogen and oxygen atoms in total. The first-order valence-electron chi connectivity index (χ1n) is 9.07. The molecule has 28 heavy (non-hydrogen) atoms. The zero-order valence-electron chi connectivity index (χ0n) is 15.0. The van der Waals surface area contributed by atoms with Gasteiger partial charge in [-0.15, -0.1) is 0 Å². The van der Waals surface area contributed by atoms with Crippen LogP contribution in [0, 0.1) is 5.82 Å². The third-order valence-corrected chi connectivity index (χ3v) is 5.34. The number of carbonyl (C=O) groups is 1. The molecule has 1 N–H and O–H groups in total. The molecule has 0 aliphatic heterocycles. The molecule has 1 amide bonds. The standard InChI is InChI=1S/C19H19FN4O3S/c20-12-9-21-18(22-10-12)26-14-7-5-13(6-8-14)23-17(25)11-28-19-24-15-3-1-2-4-16(15)27-19/h1-4,9-10,13-14H,5-8,11H2,(H,23,25). The predicted molar refractivity (Wildman–Crippen MR) is 102 cm³/mol. The third kappa shape index (κ3) is 4.78. The number of rotatable bonds is 6. The first kappa shape index (κ1) is 18.7. The van der Waals surface area contributed by atoms with Gasteiger partial charge in [0.1, 0.15) is 11.6 Å². The van der Waals surface area contributed by atoms with Crippen molar-refractivity contribution in [2.75, 3.05) is 5.75 Å². The van der Waals surface area contributed by atoms with Crippen molar-refractivity contribution in [3.63, 3.8) is 0 Å². The Hall–Kier alpha value is -2.68. The second kappa shape index (κ2) is 8.55. The van der Waals surface area contributed by atoms with Gasteiger partial charge in [0, 0.05) is 6.04 Å². The third-order valence-electron chi connectivity index (χ3n) is 4.51. The fourth-order valence-electron chi connectivity index (χ4n) is 3.14. The molecule has 1 fully saturated rings. The molecule has 1 aliphatic carbocycles. The van der Waals surface area contributed by atoms with E-state index >= 15 is 0 Å². The van der Waals surface area contributed by atoms with Gasteiger partial charge >= 0.3 is 6.01 Å². The summed E-state index contributed by atoms with van der Waals surface area (Å²) in [7, 11) is 0. The number of nitrogens with zero attached hydrogens (tertiary/aromatic N) is 3. The molecule has 1 saturated carbocycles. The fourth-order valence-corrected chi connectivity index (χ4v) is 3.79. The van der Waals surface area contributed by atoms with E-state index < -0.39 is 5.82 Å². The summed E-state index contributed by atoms with van der Waals surface area (Å²) in [6, 6.07) is 7.81. The maximum atomic E-state index is 12.8. The van der Waals surface area contributed by atoms with E-state index in [1.165, 1.54) is 11.8 Å². The lowest BCUT2D eigenvalue weighted by Crippen LogP contribution is -2.40. The Kier molecular flexibility index (Phi) is 5.70. The molecule has 0 spiro atoms. The van der Waals surface area contributed by atoms with Gasteiger partial charge in [-0.05, 0) is 37.8 Å². The Bertz CT molecular complexity index is 909. The lowest BCUT2D eigenvalue weighted by atomic mass is 9.93. The van der Waals surface area contributed by atoms with E-state index in [9.17, 15) is 9.18 Å². The van der Waals surface area contributed by atoms with Gasteiger partial charge in [0.15, 0.2) is 11.4 Å². The number of nitrogens with one attached hydrogen (secondary N) is 1. The number of hydrogen-bond donors (Lipinski definition) is 1. The molecule has 146 valence electrons. The zero-order valence-corrected chi connectivity index (χ0v) is 15.8. The van der Waals surface area contributed by atoms with E-state index in [1.807, 2.05) is 24.3 Å². The monoisotopic (exact) mass is 402 g/mol. The lowest BCUT2D eigenvalue weighted by Gasteiger charge is -2.28. The first-order valence-corrected chi connectivity index (χ1v) is 10.1. The summed E-state index contributed by atoms with van der Waals surface area (Å²) in [6.45, 7) is 0. The summed E-state index contributed by atoms with van der Waals surface area (Å²) in [5.74, 6) is -0.278. The van der Waals surface area contributed by atoms with Crippen LogP contribution in [-0.4, -0.2) is 38.8 Å². The Balaban J connectivity index is 1.20. The average molecular weight is 402 g/mol. The van der Waals surface area contributed by atoms with Crippen molar-refractivity contribution in [3.8, 4) is 6.01 Å². The summed E-state index contributed by atoms with van der Waals surface area (Å²) in [5.41, 5.74) is 1.50. The van der Waals surface area contributed by atoms with Gasteiger partial charge in [-0.3, -0.25) is 4.79 Å². The van der Waals surface area contributed by atoms with E-state index in [1.54, 1.807) is 0 Å². The summed E-state index contributed by atoms with van der Waals surface area (Å²) < 4.78 is 24.1. The summed E-state index contributed by atoms with van der Waals surface area (Å²) >= 11 is 1.28. The predicted octanol–water partition coefficient (Wildman–Crippen LogP) is 3.36. The number of halogens is 1. The van der Waals surface area contributed by atoms with Gasteiger partial charge in [0.2, 0.25) is 5.91 Å². The van der Waals surface area contributed by atoms with E-state index in [4.69, 9.17) is 9.15 Å². The normalized spacial score (nSPS) is 19.5. The van der Waals surface area contributed by atoms with Crippen molar-refractivity contribution in [3.05, 3.63) is 42.5 Å². The van der Waals surface area contributed by atoms with Crippen LogP contribution in [0.5, 0.6) is 6.01 Å². The number of thioether (sulfide) groups is 1. The molecule has 0 bridgehead atoms. The van der Waals surface area contributed by atoms with Crippen LogP contribution in [0.15, 0.2) is 46.3 Å². The molecule has 0 atom stereocenters. The van der Waals surface area contributed by atoms with Gasteiger partial charge in [0.05, 0.1) is 18.1 Å². The number of oxazole rings is 1. The number of carbonyl (C=O) groups excluding carboxylic acids is 1. The Morgan fingerprint density at radius 2 is 1.96 bits per heavy atom. The molecule has 0 unspecified atom stereocenters. The molecule has 4 rings (SSSR count). The number of para-hydroxylation sites is 2. The van der Waals surface area contributed by atoms with Crippen LogP contribution in [0.1, 0.15) is 25.7 Å². The van der Waals surface area contributed by atoms with E-state index in [0.717, 1.165) is 43.6 Å². The number of aromatic nitrogens is 3. The van der Waals surface area contributed by atoms with Crippen molar-refractivity contribution < 1.29 is 18.3 Å². The highest BCUT2D eigenvalue weighted by Crippen LogP contribution is 2.24. The van der Waals surface area contributed by atoms with Gasteiger partial charge in [-0.2, -0.15) is 0 Å². The molecule has 0 radical (unpaired) electrons. The van der Waals surface area contributed by atoms with E-state index in [0.29, 0.717) is 10.8 Å². The first-order chi connectivity index (χ1) is 13.7. The minimum absolute atomic E-state index is 0.0206. The SMILES string of the molecule is O=C(CSc1nc2ccccc2o1)NC1CCC(Oc2ncc(F)cn2)CC1. The molecular weight excluding hydrogens is 383 g/mol. The minimum Gasteiger partial charge on any atom is -0.460 e. The highest BCUT2D eigenvalue weighted by molar-refractivity contribution is 7.99. The Morgan fingerprint density at radius 1 is 1.21 bits per heavy atom. The van der Waals surface area contributed by atoms with Gasteiger partial charge in [0.25, 0.3) is 5.22 Å². The maximum absolute atomic E-state index is 12.8. The molecule has 2 aromatic heterocycles. The number of benzene rings is 1. The minimum atomic E-state index is -0.491. The Labute approximate surface area is 165 Å². The van der Waals surface area contributed by atoms with Crippen LogP contribution in [0.2, 0.25) is 0 Å². The average Bonchev–Trinajstić information content (AvgIpc) is 3.13. The summed E-state index contributed by atoms with van der Waals surface area (Å²) in [6.07, 6.45) is 5.34. The number of hydrogen-bond acceptors (Lipinski definition) is 7. The molecule has 1 aliphatic rings. The van der Waals surface area contributed by atoms with Crippen molar-refractivity contribution >= 4 is 28.8 Å². The van der Waals surface area contributed by atoms with Gasteiger partial charge < -0.3 is 14.5 Å². The molecule has 3 aromatic rings. The lowest BCUT2D eigenvalue weighted by molar-refractivity contribution is -0.119. The second-order valence-corrected chi connectivity index (χ2v) is 7.51. The zero-order chi connectivity index (χ0) is 19.3. The van der Waals surface area contributed by atoms with Crippen LogP contribution in [0.25, 0.3) is 11.1 Å². The van der Waals surface area contributed by atoms with Crippen molar-refractivity contribution in [2.24, 2.45) is 0 Å². The molecular formula is C19H19FN4O3S. The quantitative estimate of drug-likeness (QED) is 0.632. The van der Waals surface area contributed by atoms with Crippen LogP contribution >= 0.6 is 11.8 Å². The number of ether oxygens (including phenoxy) is 1. The number of amides is 1. The summed E-state index contributed by atoms with van der Waals surface area (Å²) in [5, 5.41) is 3.54. The number of fused-ring (bicyclic) bond motifs is 1. The fraction of sp³-hybridized carbons (Fsp3) is 0.368. The topological polar surface area (TPSA) is 90.1 Å². The van der Waals surface area contributed by atoms with Crippen molar-refractivity contribution in [1.82, 2.24) is 20.3 Å². The van der Waals surface area contributed by atoms with Crippen LogP contribution in [-0.2, 0) is 4.79 Å². The maximum Gasteiger partial charge on any atom is 0.316 e. The molecule has 1 aromatic carbocycles. The van der Waals surface area contributed by atoms with Gasteiger partial charge in [-0.1, -0.05) is 23.9 Å². The molecule has 9 heteroatoms. The second-order valence-electron chi connectivity index (χ2n) is 6.58. The molecule has 0 saturated heterocycles. The van der Waals surface area contributed by atoms with Gasteiger partial charge in [-0.25, -0.2) is 19.3 Å². The van der Waals surface area contributed by atoms with E-state index in [2.05, 4.69) is 20.3 Å². The smallest absolute Gasteiger partial charge is 0.316 e. The Morgan fingerprint density at radius 3 is 2.71 bits per heavy atom. The van der Waals surface area contributed by atoms with Crippen molar-refractivity contribution in [2.45, 2.75) is 43.1 Å². The molecule has 2 heterocycles. The highest BCUT2D eigenvalue weighted by Gasteiger charge is 2.24. The van der Waals surface area contributed by atoms with E-state index in [-0.39, 0.29) is 29.8 Å². The van der Waals surface area contributed by atoms with Crippen molar-refractivity contribution in [1.29, 1.82) is 0 Å². The van der Waals surface area contributed by atoms with Crippen LogP contribution < -0.4 is 10.1 Å². The highest BCUT2D eigenvalue weighted by atomic mass is 32.2. The summed E-state index contributed by atoms with van der Waals surface area (Å²) in [4.78, 5) is 24.2. The largest absolute Gasteiger partial charge is 0.460 e. The van der Waals surface area contributed by atoms with Crippen LogP contribution in [0.4, 0.5) is 4.39 Å². The van der Waals surface area contributed by atoms with Crippen LogP contribution in [0.3, 0.4) is 0 Å².